The molecule has 0 atom stereocenters. The van der Waals surface area contributed by atoms with Gasteiger partial charge >= 0.3 is 5.97 Å². The minimum atomic E-state index is -0.534. The number of rotatable bonds is 12. The fourth-order valence-electron chi connectivity index (χ4n) is 2.79. The van der Waals surface area contributed by atoms with Crippen LogP contribution in [-0.2, 0) is 14.3 Å². The summed E-state index contributed by atoms with van der Waals surface area (Å²) in [6.45, 7) is 5.01. The molecule has 0 aliphatic heterocycles. The Kier molecular flexibility index (Phi) is 8.36. The molecule has 32 heavy (non-hydrogen) atoms. The number of esters is 1. The Morgan fingerprint density at radius 1 is 1.00 bits per heavy atom. The first-order valence-electron chi connectivity index (χ1n) is 9.88. The molecule has 0 spiro atoms. The average molecular weight is 439 g/mol. The number of hydrogen-bond donors (Lipinski definition) is 1. The van der Waals surface area contributed by atoms with Crippen LogP contribution in [0.15, 0.2) is 55.4 Å². The van der Waals surface area contributed by atoms with Crippen molar-refractivity contribution in [2.75, 3.05) is 46.0 Å². The van der Waals surface area contributed by atoms with E-state index in [0.717, 1.165) is 11.5 Å². The van der Waals surface area contributed by atoms with Crippen LogP contribution in [0.3, 0.4) is 0 Å². The highest BCUT2D eigenvalue weighted by Crippen LogP contribution is 2.35. The van der Waals surface area contributed by atoms with E-state index in [4.69, 9.17) is 23.7 Å². The summed E-state index contributed by atoms with van der Waals surface area (Å²) >= 11 is 0. The van der Waals surface area contributed by atoms with E-state index in [1.165, 1.54) is 6.33 Å². The van der Waals surface area contributed by atoms with Crippen molar-refractivity contribution in [1.82, 2.24) is 9.97 Å². The Morgan fingerprint density at radius 2 is 1.72 bits per heavy atom. The third-order valence-electron chi connectivity index (χ3n) is 4.27. The van der Waals surface area contributed by atoms with Gasteiger partial charge in [-0.3, -0.25) is 0 Å². The number of nitrogens with zero attached hydrogens (tertiary/aromatic N) is 2. The normalized spacial score (nSPS) is 10.6. The highest BCUT2D eigenvalue weighted by atomic mass is 16.5. The monoisotopic (exact) mass is 439 g/mol. The smallest absolute Gasteiger partial charge is 0.335 e. The molecule has 0 saturated heterocycles. The summed E-state index contributed by atoms with van der Waals surface area (Å²) in [6, 6.07) is 10.6. The predicted octanol–water partition coefficient (Wildman–Crippen LogP) is 3.52. The van der Waals surface area contributed by atoms with E-state index in [2.05, 4.69) is 21.9 Å². The second-order valence-electron chi connectivity index (χ2n) is 6.50. The molecule has 1 heterocycles. The number of anilines is 2. The van der Waals surface area contributed by atoms with E-state index in [1.54, 1.807) is 38.5 Å². The summed E-state index contributed by atoms with van der Waals surface area (Å²) in [4.78, 5) is 20.2. The van der Waals surface area contributed by atoms with Gasteiger partial charge in [-0.05, 0) is 18.2 Å². The highest BCUT2D eigenvalue weighted by Gasteiger charge is 2.13. The van der Waals surface area contributed by atoms with Crippen LogP contribution in [0.1, 0.15) is 0 Å². The van der Waals surface area contributed by atoms with Gasteiger partial charge in [-0.25, -0.2) is 14.8 Å². The SMILES string of the molecule is C=CC(=O)Oc1cccc(Nc2ncnc3cc(OCCOC)c(OCCOC)cc23)c1. The second kappa shape index (κ2) is 11.6. The lowest BCUT2D eigenvalue weighted by molar-refractivity contribution is -0.128. The maximum absolute atomic E-state index is 11.5. The highest BCUT2D eigenvalue weighted by molar-refractivity contribution is 5.93. The topological polar surface area (TPSA) is 101 Å². The van der Waals surface area contributed by atoms with E-state index in [1.807, 2.05) is 12.1 Å². The van der Waals surface area contributed by atoms with Gasteiger partial charge in [0.15, 0.2) is 11.5 Å². The summed E-state index contributed by atoms with van der Waals surface area (Å²) in [5.74, 6) is 1.50. The molecule has 9 nitrogen and oxygen atoms in total. The number of aromatic nitrogens is 2. The summed E-state index contributed by atoms with van der Waals surface area (Å²) in [5, 5.41) is 3.96. The maximum atomic E-state index is 11.5. The quantitative estimate of drug-likeness (QED) is 0.197. The number of carbonyl (C=O) groups excluding carboxylic acids is 1. The lowest BCUT2D eigenvalue weighted by Gasteiger charge is -2.15. The van der Waals surface area contributed by atoms with E-state index in [9.17, 15) is 4.79 Å². The van der Waals surface area contributed by atoms with Crippen molar-refractivity contribution in [3.63, 3.8) is 0 Å². The molecule has 3 rings (SSSR count). The minimum absolute atomic E-state index is 0.357. The zero-order chi connectivity index (χ0) is 22.8. The second-order valence-corrected chi connectivity index (χ2v) is 6.50. The van der Waals surface area contributed by atoms with E-state index >= 15 is 0 Å². The number of methoxy groups -OCH3 is 2. The summed E-state index contributed by atoms with van der Waals surface area (Å²) in [6.07, 6.45) is 2.56. The van der Waals surface area contributed by atoms with Crippen molar-refractivity contribution >= 4 is 28.4 Å². The van der Waals surface area contributed by atoms with Crippen LogP contribution in [0.2, 0.25) is 0 Å². The molecule has 0 unspecified atom stereocenters. The fourth-order valence-corrected chi connectivity index (χ4v) is 2.79. The Labute approximate surface area is 185 Å². The number of carbonyl (C=O) groups is 1. The Morgan fingerprint density at radius 3 is 2.41 bits per heavy atom. The molecule has 0 aliphatic carbocycles. The third-order valence-corrected chi connectivity index (χ3v) is 4.27. The Bertz CT molecular complexity index is 1070. The number of ether oxygens (including phenoxy) is 5. The van der Waals surface area contributed by atoms with Gasteiger partial charge < -0.3 is 29.0 Å². The van der Waals surface area contributed by atoms with Crippen LogP contribution in [0.4, 0.5) is 11.5 Å². The molecule has 0 bridgehead atoms. The number of benzene rings is 2. The summed E-state index contributed by atoms with van der Waals surface area (Å²) in [7, 11) is 3.22. The third kappa shape index (κ3) is 6.16. The first-order chi connectivity index (χ1) is 15.6. The molecule has 168 valence electrons. The van der Waals surface area contributed by atoms with Gasteiger partial charge in [-0.15, -0.1) is 0 Å². The van der Waals surface area contributed by atoms with Crippen LogP contribution in [0, 0.1) is 0 Å². The van der Waals surface area contributed by atoms with Gasteiger partial charge in [0.25, 0.3) is 0 Å². The molecule has 0 aliphatic rings. The van der Waals surface area contributed by atoms with Crippen LogP contribution in [0.25, 0.3) is 10.9 Å². The minimum Gasteiger partial charge on any atom is -0.487 e. The molecule has 2 aromatic carbocycles. The van der Waals surface area contributed by atoms with Crippen molar-refractivity contribution in [3.8, 4) is 17.2 Å². The van der Waals surface area contributed by atoms with Crippen molar-refractivity contribution in [2.45, 2.75) is 0 Å². The maximum Gasteiger partial charge on any atom is 0.335 e. The first kappa shape index (κ1) is 23.0. The van der Waals surface area contributed by atoms with E-state index in [0.29, 0.717) is 60.7 Å². The van der Waals surface area contributed by atoms with Gasteiger partial charge in [0.2, 0.25) is 0 Å². The predicted molar refractivity (Wildman–Crippen MR) is 120 cm³/mol. The zero-order valence-electron chi connectivity index (χ0n) is 18.0. The van der Waals surface area contributed by atoms with Crippen LogP contribution in [-0.4, -0.2) is 56.6 Å². The van der Waals surface area contributed by atoms with Gasteiger partial charge in [0.1, 0.15) is 31.1 Å². The molecule has 3 aromatic rings. The average Bonchev–Trinajstić information content (AvgIpc) is 2.80. The van der Waals surface area contributed by atoms with Gasteiger partial charge in [0.05, 0.1) is 18.7 Å². The van der Waals surface area contributed by atoms with Crippen LogP contribution >= 0.6 is 0 Å². The Balaban J connectivity index is 1.92. The number of fused-ring (bicyclic) bond motifs is 1. The number of nitrogens with one attached hydrogen (secondary N) is 1. The first-order valence-corrected chi connectivity index (χ1v) is 9.88. The van der Waals surface area contributed by atoms with Crippen molar-refractivity contribution in [2.24, 2.45) is 0 Å². The number of hydrogen-bond acceptors (Lipinski definition) is 9. The zero-order valence-corrected chi connectivity index (χ0v) is 18.0. The molecule has 1 N–H and O–H groups in total. The molecular weight excluding hydrogens is 414 g/mol. The van der Waals surface area contributed by atoms with Crippen LogP contribution in [0.5, 0.6) is 17.2 Å². The largest absolute Gasteiger partial charge is 0.487 e. The van der Waals surface area contributed by atoms with Crippen LogP contribution < -0.4 is 19.5 Å². The van der Waals surface area contributed by atoms with Crippen molar-refractivity contribution in [3.05, 3.63) is 55.4 Å². The van der Waals surface area contributed by atoms with E-state index in [-0.39, 0.29) is 0 Å². The van der Waals surface area contributed by atoms with Gasteiger partial charge in [-0.1, -0.05) is 12.6 Å². The lowest BCUT2D eigenvalue weighted by atomic mass is 10.2. The van der Waals surface area contributed by atoms with E-state index < -0.39 is 5.97 Å². The van der Waals surface area contributed by atoms with Gasteiger partial charge in [0, 0.05) is 43.5 Å². The summed E-state index contributed by atoms with van der Waals surface area (Å²) in [5.41, 5.74) is 1.35. The summed E-state index contributed by atoms with van der Waals surface area (Å²) < 4.78 is 27.0. The molecule has 0 amide bonds. The molecular formula is C23H25N3O6. The molecule has 0 radical (unpaired) electrons. The lowest BCUT2D eigenvalue weighted by Crippen LogP contribution is -2.09. The molecule has 0 fully saturated rings. The molecule has 0 saturated carbocycles. The molecule has 9 heteroatoms. The van der Waals surface area contributed by atoms with Crippen molar-refractivity contribution in [1.29, 1.82) is 0 Å². The van der Waals surface area contributed by atoms with Crippen molar-refractivity contribution < 1.29 is 28.5 Å². The standard InChI is InChI=1S/C23H25N3O6/c1-4-22(27)32-17-7-5-6-16(12-17)26-23-18-13-20(30-10-8-28-2)21(31-11-9-29-3)14-19(18)24-15-25-23/h4-7,12-15H,1,8-11H2,2-3H3,(H,24,25,26). The fraction of sp³-hybridized carbons (Fsp3) is 0.261. The Hall–Kier alpha value is -3.69. The van der Waals surface area contributed by atoms with Gasteiger partial charge in [-0.2, -0.15) is 0 Å². The molecule has 1 aromatic heterocycles.